The zero-order valence-electron chi connectivity index (χ0n) is 13.7. The molecule has 0 aliphatic heterocycles. The van der Waals surface area contributed by atoms with Crippen molar-refractivity contribution < 1.29 is 9.59 Å². The minimum absolute atomic E-state index is 0.401. The minimum Gasteiger partial charge on any atom is -0.347 e. The molecule has 0 unspecified atom stereocenters. The summed E-state index contributed by atoms with van der Waals surface area (Å²) in [4.78, 5) is 23.3. The molecule has 5 nitrogen and oxygen atoms in total. The molecule has 124 valence electrons. The van der Waals surface area contributed by atoms with Crippen molar-refractivity contribution in [3.05, 3.63) is 71.3 Å². The van der Waals surface area contributed by atoms with Gasteiger partial charge in [-0.25, -0.2) is 5.43 Å². The molecule has 2 aromatic carbocycles. The highest BCUT2D eigenvalue weighted by atomic mass is 16.2. The van der Waals surface area contributed by atoms with E-state index in [2.05, 4.69) is 22.8 Å². The number of hydrogen-bond donors (Lipinski definition) is 2. The molecule has 0 atom stereocenters. The number of carbonyl (C=O) groups is 2. The second kappa shape index (κ2) is 9.25. The van der Waals surface area contributed by atoms with Crippen molar-refractivity contribution >= 4 is 18.0 Å². The van der Waals surface area contributed by atoms with Gasteiger partial charge in [0.15, 0.2) is 0 Å². The molecule has 0 aliphatic carbocycles. The number of aryl methyl sites for hydroxylation is 1. The van der Waals surface area contributed by atoms with Crippen LogP contribution in [0.1, 0.15) is 23.6 Å². The Morgan fingerprint density at radius 1 is 0.958 bits per heavy atom. The molecule has 5 heteroatoms. The van der Waals surface area contributed by atoms with Gasteiger partial charge in [-0.15, -0.1) is 0 Å². The summed E-state index contributed by atoms with van der Waals surface area (Å²) in [5.41, 5.74) is 5.42. The SMILES string of the molecule is CCc1ccc(/C=N\NC(=O)C(=O)NCCc2ccccc2)cc1. The Morgan fingerprint density at radius 3 is 2.33 bits per heavy atom. The van der Waals surface area contributed by atoms with Crippen molar-refractivity contribution in [2.24, 2.45) is 5.10 Å². The van der Waals surface area contributed by atoms with Gasteiger partial charge in [0.25, 0.3) is 0 Å². The summed E-state index contributed by atoms with van der Waals surface area (Å²) in [6.07, 6.45) is 3.15. The molecule has 0 fully saturated rings. The molecule has 0 aromatic heterocycles. The predicted molar refractivity (Wildman–Crippen MR) is 94.7 cm³/mol. The van der Waals surface area contributed by atoms with Gasteiger partial charge >= 0.3 is 11.8 Å². The van der Waals surface area contributed by atoms with E-state index in [1.54, 1.807) is 0 Å². The van der Waals surface area contributed by atoms with Gasteiger partial charge in [-0.1, -0.05) is 61.5 Å². The second-order valence-corrected chi connectivity index (χ2v) is 5.29. The molecule has 0 heterocycles. The minimum atomic E-state index is -0.774. The van der Waals surface area contributed by atoms with Crippen LogP contribution in [0.25, 0.3) is 0 Å². The van der Waals surface area contributed by atoms with Crippen LogP contribution in [0.3, 0.4) is 0 Å². The average Bonchev–Trinajstić information content (AvgIpc) is 2.63. The summed E-state index contributed by atoms with van der Waals surface area (Å²) in [5.74, 6) is -1.46. The second-order valence-electron chi connectivity index (χ2n) is 5.29. The van der Waals surface area contributed by atoms with E-state index in [9.17, 15) is 9.59 Å². The Balaban J connectivity index is 1.72. The monoisotopic (exact) mass is 323 g/mol. The average molecular weight is 323 g/mol. The molecule has 2 aromatic rings. The van der Waals surface area contributed by atoms with E-state index >= 15 is 0 Å². The lowest BCUT2D eigenvalue weighted by Crippen LogP contribution is -2.38. The van der Waals surface area contributed by atoms with Gasteiger partial charge in [-0.05, 0) is 29.5 Å². The largest absolute Gasteiger partial charge is 0.347 e. The normalized spacial score (nSPS) is 10.5. The fourth-order valence-corrected chi connectivity index (χ4v) is 2.10. The van der Waals surface area contributed by atoms with Crippen LogP contribution in [0.15, 0.2) is 59.7 Å². The van der Waals surface area contributed by atoms with E-state index in [1.165, 1.54) is 11.8 Å². The van der Waals surface area contributed by atoms with Crippen LogP contribution < -0.4 is 10.7 Å². The molecular formula is C19H21N3O2. The number of nitrogens with one attached hydrogen (secondary N) is 2. The standard InChI is InChI=1S/C19H21N3O2/c1-2-15-8-10-17(11-9-15)14-21-22-19(24)18(23)20-13-12-16-6-4-3-5-7-16/h3-11,14H,2,12-13H2,1H3,(H,20,23)(H,22,24)/b21-14-. The van der Waals surface area contributed by atoms with Gasteiger partial charge in [0, 0.05) is 6.54 Å². The fraction of sp³-hybridized carbons (Fsp3) is 0.211. The molecule has 2 amide bonds. The topological polar surface area (TPSA) is 70.6 Å². The Labute approximate surface area is 141 Å². The molecule has 0 bridgehead atoms. The van der Waals surface area contributed by atoms with Crippen LogP contribution >= 0.6 is 0 Å². The Hall–Kier alpha value is -2.95. The first-order valence-corrected chi connectivity index (χ1v) is 7.93. The molecule has 0 saturated heterocycles. The zero-order chi connectivity index (χ0) is 17.2. The highest BCUT2D eigenvalue weighted by Gasteiger charge is 2.11. The van der Waals surface area contributed by atoms with Gasteiger partial charge in [-0.3, -0.25) is 9.59 Å². The molecule has 0 saturated carbocycles. The van der Waals surface area contributed by atoms with Gasteiger partial charge < -0.3 is 5.32 Å². The Morgan fingerprint density at radius 2 is 1.67 bits per heavy atom. The highest BCUT2D eigenvalue weighted by molar-refractivity contribution is 6.35. The Bertz CT molecular complexity index is 694. The maximum Gasteiger partial charge on any atom is 0.329 e. The number of rotatable bonds is 6. The quantitative estimate of drug-likeness (QED) is 0.485. The summed E-state index contributed by atoms with van der Waals surface area (Å²) in [5, 5.41) is 6.37. The third-order valence-corrected chi connectivity index (χ3v) is 3.52. The molecule has 0 radical (unpaired) electrons. The molecule has 0 aliphatic rings. The van der Waals surface area contributed by atoms with E-state index in [0.29, 0.717) is 13.0 Å². The van der Waals surface area contributed by atoms with Crippen molar-refractivity contribution in [3.8, 4) is 0 Å². The van der Waals surface area contributed by atoms with Crippen molar-refractivity contribution in [1.29, 1.82) is 0 Å². The van der Waals surface area contributed by atoms with Crippen molar-refractivity contribution in [1.82, 2.24) is 10.7 Å². The van der Waals surface area contributed by atoms with Crippen LogP contribution in [-0.4, -0.2) is 24.6 Å². The maximum atomic E-state index is 11.7. The number of benzene rings is 2. The van der Waals surface area contributed by atoms with Crippen LogP contribution in [0.5, 0.6) is 0 Å². The van der Waals surface area contributed by atoms with E-state index in [4.69, 9.17) is 0 Å². The van der Waals surface area contributed by atoms with E-state index < -0.39 is 11.8 Å². The van der Waals surface area contributed by atoms with Gasteiger partial charge in [0.1, 0.15) is 0 Å². The smallest absolute Gasteiger partial charge is 0.329 e. The summed E-state index contributed by atoms with van der Waals surface area (Å²) < 4.78 is 0. The van der Waals surface area contributed by atoms with Gasteiger partial charge in [0.05, 0.1) is 6.21 Å². The van der Waals surface area contributed by atoms with E-state index in [0.717, 1.165) is 17.5 Å². The lowest BCUT2D eigenvalue weighted by atomic mass is 10.1. The van der Waals surface area contributed by atoms with Crippen molar-refractivity contribution in [2.75, 3.05) is 6.54 Å². The van der Waals surface area contributed by atoms with Crippen molar-refractivity contribution in [3.63, 3.8) is 0 Å². The lowest BCUT2D eigenvalue weighted by Gasteiger charge is -2.04. The molecule has 0 spiro atoms. The number of hydrazone groups is 1. The molecule has 2 N–H and O–H groups in total. The first-order valence-electron chi connectivity index (χ1n) is 7.93. The molecular weight excluding hydrogens is 302 g/mol. The van der Waals surface area contributed by atoms with E-state index in [1.807, 2.05) is 54.6 Å². The first kappa shape index (κ1) is 17.4. The highest BCUT2D eigenvalue weighted by Crippen LogP contribution is 2.02. The third kappa shape index (κ3) is 5.68. The summed E-state index contributed by atoms with van der Waals surface area (Å²) >= 11 is 0. The van der Waals surface area contributed by atoms with Crippen LogP contribution in [0.2, 0.25) is 0 Å². The number of hydrogen-bond acceptors (Lipinski definition) is 3. The number of amides is 2. The molecule has 2 rings (SSSR count). The van der Waals surface area contributed by atoms with Crippen LogP contribution in [0.4, 0.5) is 0 Å². The molecule has 24 heavy (non-hydrogen) atoms. The summed E-state index contributed by atoms with van der Waals surface area (Å²) in [6.45, 7) is 2.48. The Kier molecular flexibility index (Phi) is 6.71. The summed E-state index contributed by atoms with van der Waals surface area (Å²) in [7, 11) is 0. The first-order chi connectivity index (χ1) is 11.7. The number of carbonyl (C=O) groups excluding carboxylic acids is 2. The fourth-order valence-electron chi connectivity index (χ4n) is 2.10. The van der Waals surface area contributed by atoms with Crippen LogP contribution in [-0.2, 0) is 22.4 Å². The summed E-state index contributed by atoms with van der Waals surface area (Å²) in [6, 6.07) is 17.6. The lowest BCUT2D eigenvalue weighted by molar-refractivity contribution is -0.139. The van der Waals surface area contributed by atoms with Gasteiger partial charge in [-0.2, -0.15) is 5.10 Å². The van der Waals surface area contributed by atoms with E-state index in [-0.39, 0.29) is 0 Å². The van der Waals surface area contributed by atoms with Crippen molar-refractivity contribution in [2.45, 2.75) is 19.8 Å². The number of nitrogens with zero attached hydrogens (tertiary/aromatic N) is 1. The van der Waals surface area contributed by atoms with Gasteiger partial charge in [0.2, 0.25) is 0 Å². The zero-order valence-corrected chi connectivity index (χ0v) is 13.7. The third-order valence-electron chi connectivity index (χ3n) is 3.52. The van der Waals surface area contributed by atoms with Crippen LogP contribution in [0, 0.1) is 0 Å². The maximum absolute atomic E-state index is 11.7. The predicted octanol–water partition coefficient (Wildman–Crippen LogP) is 2.06.